The Hall–Kier alpha value is -5.35. The number of pyridine rings is 1. The van der Waals surface area contributed by atoms with Crippen molar-refractivity contribution >= 4 is 40.3 Å². The van der Waals surface area contributed by atoms with E-state index in [-0.39, 0.29) is 30.5 Å². The number of carbonyl (C=O) groups is 3. The molecule has 1 aliphatic heterocycles. The molecular weight excluding hydrogens is 584 g/mol. The number of aromatic amines is 1. The van der Waals surface area contributed by atoms with E-state index >= 15 is 0 Å². The Morgan fingerprint density at radius 1 is 1.09 bits per heavy atom. The molecule has 0 aliphatic carbocycles. The van der Waals surface area contributed by atoms with Crippen LogP contribution in [0, 0.1) is 0 Å². The van der Waals surface area contributed by atoms with E-state index in [2.05, 4.69) is 15.3 Å². The minimum absolute atomic E-state index is 0.135. The highest BCUT2D eigenvalue weighted by Crippen LogP contribution is 2.34. The fraction of sp³-hybridized carbons (Fsp3) is 0.152. The minimum Gasteiger partial charge on any atom is -0.486 e. The number of nitrogens with zero attached hydrogens (tertiary/aromatic N) is 2. The fourth-order valence-corrected chi connectivity index (χ4v) is 5.36. The van der Waals surface area contributed by atoms with Crippen LogP contribution in [0.25, 0.3) is 22.2 Å². The summed E-state index contributed by atoms with van der Waals surface area (Å²) in [5.74, 6) is -0.953. The summed E-state index contributed by atoms with van der Waals surface area (Å²) in [6.07, 6.45) is 2.88. The first-order valence-electron chi connectivity index (χ1n) is 13.8. The Balaban J connectivity index is 1.33. The third-order valence-corrected chi connectivity index (χ3v) is 7.47. The molecule has 0 fully saturated rings. The molecule has 3 aromatic carbocycles. The Morgan fingerprint density at radius 3 is 2.70 bits per heavy atom. The first-order chi connectivity index (χ1) is 21.4. The van der Waals surface area contributed by atoms with Gasteiger partial charge in [0, 0.05) is 46.0 Å². The van der Waals surface area contributed by atoms with E-state index in [0.717, 1.165) is 16.5 Å². The monoisotopic (exact) mass is 610 g/mol. The number of rotatable bonds is 9. The number of amides is 2. The number of halogens is 1. The second-order valence-electron chi connectivity index (χ2n) is 10.2. The highest BCUT2D eigenvalue weighted by Gasteiger charge is 2.33. The van der Waals surface area contributed by atoms with Crippen molar-refractivity contribution in [1.29, 1.82) is 0 Å². The van der Waals surface area contributed by atoms with Crippen LogP contribution >= 0.6 is 11.6 Å². The summed E-state index contributed by atoms with van der Waals surface area (Å²) in [5, 5.41) is 13.3. The molecule has 0 saturated carbocycles. The van der Waals surface area contributed by atoms with E-state index in [1.54, 1.807) is 65.7 Å². The van der Waals surface area contributed by atoms with Crippen LogP contribution in [0.3, 0.4) is 0 Å². The molecule has 44 heavy (non-hydrogen) atoms. The van der Waals surface area contributed by atoms with Crippen LogP contribution < -0.4 is 14.8 Å². The lowest BCUT2D eigenvalue weighted by atomic mass is 10.0. The van der Waals surface area contributed by atoms with E-state index in [4.69, 9.17) is 26.2 Å². The molecule has 3 heterocycles. The summed E-state index contributed by atoms with van der Waals surface area (Å²) in [5.41, 5.74) is 3.63. The molecule has 6 rings (SSSR count). The third-order valence-electron chi connectivity index (χ3n) is 7.23. The van der Waals surface area contributed by atoms with Crippen molar-refractivity contribution in [2.45, 2.75) is 12.6 Å². The Labute approximate surface area is 257 Å². The van der Waals surface area contributed by atoms with Crippen molar-refractivity contribution in [2.75, 3.05) is 19.7 Å². The topological polar surface area (TPSA) is 134 Å². The van der Waals surface area contributed by atoms with Crippen LogP contribution in [0.2, 0.25) is 5.02 Å². The zero-order valence-electron chi connectivity index (χ0n) is 23.3. The van der Waals surface area contributed by atoms with Crippen LogP contribution in [0.4, 0.5) is 0 Å². The summed E-state index contributed by atoms with van der Waals surface area (Å²) in [7, 11) is 0. The lowest BCUT2D eigenvalue weighted by molar-refractivity contribution is -0.139. The summed E-state index contributed by atoms with van der Waals surface area (Å²) < 4.78 is 11.6. The quantitative estimate of drug-likeness (QED) is 0.209. The number of H-pyrrole nitrogens is 1. The van der Waals surface area contributed by atoms with Gasteiger partial charge in [0.2, 0.25) is 0 Å². The SMILES string of the molecule is O=C(O)COc1ccc(-c2nccc3c2C(=O)N(Cc2c[nH]c4ccccc24)CC(CNC(=O)c2cccc(Cl)c2)O3)cc1. The van der Waals surface area contributed by atoms with Gasteiger partial charge in [-0.05, 0) is 60.2 Å². The average Bonchev–Trinajstić information content (AvgIpc) is 3.38. The predicted molar refractivity (Wildman–Crippen MR) is 164 cm³/mol. The molecule has 1 unspecified atom stereocenters. The molecule has 3 N–H and O–H groups in total. The number of carbonyl (C=O) groups excluding carboxylic acids is 2. The molecule has 1 atom stereocenters. The summed E-state index contributed by atoms with van der Waals surface area (Å²) in [6.45, 7) is 0.156. The zero-order chi connectivity index (χ0) is 30.6. The van der Waals surface area contributed by atoms with Crippen LogP contribution in [-0.2, 0) is 11.3 Å². The van der Waals surface area contributed by atoms with Crippen LogP contribution in [0.15, 0.2) is 91.3 Å². The zero-order valence-corrected chi connectivity index (χ0v) is 24.1. The summed E-state index contributed by atoms with van der Waals surface area (Å²) in [6, 6.07) is 22.8. The molecule has 0 saturated heterocycles. The minimum atomic E-state index is -1.08. The van der Waals surface area contributed by atoms with E-state index in [9.17, 15) is 14.4 Å². The maximum atomic E-state index is 14.3. The molecule has 2 amide bonds. The number of hydrogen-bond donors (Lipinski definition) is 3. The number of para-hydroxylation sites is 1. The van der Waals surface area contributed by atoms with E-state index < -0.39 is 18.7 Å². The maximum Gasteiger partial charge on any atom is 0.341 e. The van der Waals surface area contributed by atoms with Crippen LogP contribution in [-0.4, -0.2) is 63.6 Å². The average molecular weight is 611 g/mol. The molecular formula is C33H27ClN4O6. The Morgan fingerprint density at radius 2 is 1.91 bits per heavy atom. The van der Waals surface area contributed by atoms with Gasteiger partial charge in [-0.3, -0.25) is 14.6 Å². The largest absolute Gasteiger partial charge is 0.486 e. The van der Waals surface area contributed by atoms with Crippen molar-refractivity contribution in [2.24, 2.45) is 0 Å². The van der Waals surface area contributed by atoms with Gasteiger partial charge >= 0.3 is 5.97 Å². The molecule has 5 aromatic rings. The second kappa shape index (κ2) is 12.5. The number of nitrogens with one attached hydrogen (secondary N) is 2. The van der Waals surface area contributed by atoms with Gasteiger partial charge < -0.3 is 29.8 Å². The van der Waals surface area contributed by atoms with Gasteiger partial charge in [-0.1, -0.05) is 35.9 Å². The normalized spacial score (nSPS) is 14.4. The number of benzene rings is 3. The number of aromatic nitrogens is 2. The molecule has 10 nitrogen and oxygen atoms in total. The molecule has 2 aromatic heterocycles. The third kappa shape index (κ3) is 6.20. The lowest BCUT2D eigenvalue weighted by Crippen LogP contribution is -2.43. The summed E-state index contributed by atoms with van der Waals surface area (Å²) in [4.78, 5) is 47.6. The smallest absolute Gasteiger partial charge is 0.341 e. The molecule has 0 bridgehead atoms. The van der Waals surface area contributed by atoms with Crippen molar-refractivity contribution < 1.29 is 29.0 Å². The highest BCUT2D eigenvalue weighted by molar-refractivity contribution is 6.31. The lowest BCUT2D eigenvalue weighted by Gasteiger charge is -2.24. The van der Waals surface area contributed by atoms with Crippen molar-refractivity contribution in [1.82, 2.24) is 20.2 Å². The van der Waals surface area contributed by atoms with Gasteiger partial charge in [0.15, 0.2) is 6.61 Å². The summed E-state index contributed by atoms with van der Waals surface area (Å²) >= 11 is 6.07. The predicted octanol–water partition coefficient (Wildman–Crippen LogP) is 5.18. The van der Waals surface area contributed by atoms with Gasteiger partial charge in [0.05, 0.1) is 18.8 Å². The van der Waals surface area contributed by atoms with E-state index in [1.165, 1.54) is 0 Å². The molecule has 1 aliphatic rings. The molecule has 0 spiro atoms. The molecule has 222 valence electrons. The second-order valence-corrected chi connectivity index (χ2v) is 10.7. The van der Waals surface area contributed by atoms with Crippen molar-refractivity contribution in [3.8, 4) is 22.8 Å². The fourth-order valence-electron chi connectivity index (χ4n) is 5.17. The maximum absolute atomic E-state index is 14.3. The number of hydrogen-bond acceptors (Lipinski definition) is 6. The number of carboxylic acid groups (broad SMARTS) is 1. The van der Waals surface area contributed by atoms with Crippen molar-refractivity contribution in [3.63, 3.8) is 0 Å². The number of ether oxygens (including phenoxy) is 2. The van der Waals surface area contributed by atoms with Crippen molar-refractivity contribution in [3.05, 3.63) is 113 Å². The number of fused-ring (bicyclic) bond motifs is 2. The van der Waals surface area contributed by atoms with Gasteiger partial charge in [-0.2, -0.15) is 0 Å². The molecule has 11 heteroatoms. The highest BCUT2D eigenvalue weighted by atomic mass is 35.5. The first-order valence-corrected chi connectivity index (χ1v) is 14.2. The first kappa shape index (κ1) is 28.8. The van der Waals surface area contributed by atoms with Gasteiger partial charge in [0.1, 0.15) is 23.2 Å². The number of carboxylic acids is 1. The van der Waals surface area contributed by atoms with Crippen LogP contribution in [0.5, 0.6) is 11.5 Å². The van der Waals surface area contributed by atoms with E-state index in [0.29, 0.717) is 39.9 Å². The van der Waals surface area contributed by atoms with Gasteiger partial charge in [-0.15, -0.1) is 0 Å². The standard InChI is InChI=1S/C33H27ClN4O6/c34-23-5-3-4-21(14-23)32(41)37-16-25-18-38(17-22-15-36-27-7-2-1-6-26(22)27)33(42)30-28(44-25)12-13-35-31(30)20-8-10-24(11-9-20)43-19-29(39)40/h1-15,25,36H,16-19H2,(H,37,41)(H,39,40). The number of aliphatic carboxylic acids is 1. The Bertz CT molecular complexity index is 1860. The van der Waals surface area contributed by atoms with E-state index in [1.807, 2.05) is 30.5 Å². The van der Waals surface area contributed by atoms with Gasteiger partial charge in [0.25, 0.3) is 11.8 Å². The molecule has 0 radical (unpaired) electrons. The van der Waals surface area contributed by atoms with Crippen LogP contribution in [0.1, 0.15) is 26.3 Å². The van der Waals surface area contributed by atoms with Gasteiger partial charge in [-0.25, -0.2) is 4.79 Å². The Kier molecular flexibility index (Phi) is 8.16.